The summed E-state index contributed by atoms with van der Waals surface area (Å²) in [5.41, 5.74) is 1.35. The zero-order chi connectivity index (χ0) is 20.1. The number of halogens is 3. The van der Waals surface area contributed by atoms with Gasteiger partial charge in [-0.2, -0.15) is 0 Å². The SMILES string of the molecule is CNSc1cc(-c2nccnc2Sc2ccc(OC(F)(F)F)cc2)ccc1O. The molecule has 0 saturated heterocycles. The van der Waals surface area contributed by atoms with Gasteiger partial charge in [0.25, 0.3) is 0 Å². The number of nitrogens with zero attached hydrogens (tertiary/aromatic N) is 2. The number of benzene rings is 2. The fraction of sp³-hybridized carbons (Fsp3) is 0.111. The molecule has 0 saturated carbocycles. The maximum absolute atomic E-state index is 12.3. The smallest absolute Gasteiger partial charge is 0.507 e. The molecule has 3 rings (SSSR count). The van der Waals surface area contributed by atoms with Crippen LogP contribution in [-0.4, -0.2) is 28.5 Å². The molecule has 0 bridgehead atoms. The third-order valence-electron chi connectivity index (χ3n) is 3.38. The Morgan fingerprint density at radius 3 is 2.43 bits per heavy atom. The van der Waals surface area contributed by atoms with Crippen LogP contribution in [0.1, 0.15) is 0 Å². The molecule has 28 heavy (non-hydrogen) atoms. The molecule has 1 aromatic heterocycles. The first-order chi connectivity index (χ1) is 13.4. The van der Waals surface area contributed by atoms with Crippen LogP contribution in [0.3, 0.4) is 0 Å². The number of aromatic hydroxyl groups is 1. The highest BCUT2D eigenvalue weighted by Crippen LogP contribution is 2.37. The molecule has 0 spiro atoms. The van der Waals surface area contributed by atoms with Crippen molar-refractivity contribution >= 4 is 23.7 Å². The van der Waals surface area contributed by atoms with E-state index in [1.54, 1.807) is 31.4 Å². The molecule has 0 aliphatic heterocycles. The molecule has 2 aromatic carbocycles. The number of phenolic OH excluding ortho intramolecular Hbond substituents is 1. The largest absolute Gasteiger partial charge is 0.573 e. The average Bonchev–Trinajstić information content (AvgIpc) is 2.65. The van der Waals surface area contributed by atoms with Crippen LogP contribution in [0.2, 0.25) is 0 Å². The molecular weight excluding hydrogens is 411 g/mol. The van der Waals surface area contributed by atoms with Crippen LogP contribution < -0.4 is 9.46 Å². The van der Waals surface area contributed by atoms with Gasteiger partial charge in [0.1, 0.15) is 22.2 Å². The highest BCUT2D eigenvalue weighted by molar-refractivity contribution is 7.99. The van der Waals surface area contributed by atoms with E-state index in [4.69, 9.17) is 0 Å². The highest BCUT2D eigenvalue weighted by atomic mass is 32.2. The van der Waals surface area contributed by atoms with Gasteiger partial charge in [0.2, 0.25) is 0 Å². The minimum Gasteiger partial charge on any atom is -0.507 e. The summed E-state index contributed by atoms with van der Waals surface area (Å²) in [5, 5.41) is 10.5. The minimum atomic E-state index is -4.73. The summed E-state index contributed by atoms with van der Waals surface area (Å²) in [6, 6.07) is 10.6. The number of aromatic nitrogens is 2. The molecule has 2 N–H and O–H groups in total. The molecule has 0 radical (unpaired) electrons. The van der Waals surface area contributed by atoms with Crippen molar-refractivity contribution in [3.05, 3.63) is 54.9 Å². The maximum atomic E-state index is 12.3. The fourth-order valence-electron chi connectivity index (χ4n) is 2.27. The molecule has 1 heterocycles. The van der Waals surface area contributed by atoms with Crippen molar-refractivity contribution in [3.63, 3.8) is 0 Å². The Hall–Kier alpha value is -2.43. The van der Waals surface area contributed by atoms with Crippen molar-refractivity contribution in [3.8, 4) is 22.8 Å². The zero-order valence-corrected chi connectivity index (χ0v) is 16.0. The third kappa shape index (κ3) is 5.31. The summed E-state index contributed by atoms with van der Waals surface area (Å²) in [5.74, 6) is -0.148. The lowest BCUT2D eigenvalue weighted by molar-refractivity contribution is -0.274. The van der Waals surface area contributed by atoms with Crippen molar-refractivity contribution in [1.82, 2.24) is 14.7 Å². The predicted octanol–water partition coefficient (Wildman–Crippen LogP) is 5.13. The molecule has 0 amide bonds. The third-order valence-corrected chi connectivity index (χ3v) is 5.13. The Morgan fingerprint density at radius 1 is 1.04 bits per heavy atom. The summed E-state index contributed by atoms with van der Waals surface area (Å²) in [7, 11) is 1.74. The van der Waals surface area contributed by atoms with Crippen LogP contribution in [0.4, 0.5) is 13.2 Å². The van der Waals surface area contributed by atoms with E-state index in [0.29, 0.717) is 20.5 Å². The lowest BCUT2D eigenvalue weighted by Crippen LogP contribution is -2.16. The lowest BCUT2D eigenvalue weighted by Gasteiger charge is -2.11. The highest BCUT2D eigenvalue weighted by Gasteiger charge is 2.31. The van der Waals surface area contributed by atoms with E-state index >= 15 is 0 Å². The summed E-state index contributed by atoms with van der Waals surface area (Å²) in [6.07, 6.45) is -1.64. The number of phenols is 1. The van der Waals surface area contributed by atoms with E-state index in [1.807, 2.05) is 0 Å². The van der Waals surface area contributed by atoms with Gasteiger partial charge in [-0.25, -0.2) is 4.98 Å². The van der Waals surface area contributed by atoms with Crippen LogP contribution in [0.25, 0.3) is 11.3 Å². The number of hydrogen-bond donors (Lipinski definition) is 2. The molecule has 10 heteroatoms. The lowest BCUT2D eigenvalue weighted by atomic mass is 10.1. The topological polar surface area (TPSA) is 67.3 Å². The van der Waals surface area contributed by atoms with Gasteiger partial charge >= 0.3 is 6.36 Å². The number of nitrogens with one attached hydrogen (secondary N) is 1. The van der Waals surface area contributed by atoms with Gasteiger partial charge in [-0.1, -0.05) is 11.8 Å². The van der Waals surface area contributed by atoms with Crippen LogP contribution in [0.15, 0.2) is 69.7 Å². The number of alkyl halides is 3. The second kappa shape index (κ2) is 8.72. The van der Waals surface area contributed by atoms with Crippen molar-refractivity contribution in [2.24, 2.45) is 0 Å². The Bertz CT molecular complexity index is 954. The van der Waals surface area contributed by atoms with Crippen molar-refractivity contribution in [1.29, 1.82) is 0 Å². The van der Waals surface area contributed by atoms with E-state index in [9.17, 15) is 18.3 Å². The first-order valence-corrected chi connectivity index (χ1v) is 9.50. The van der Waals surface area contributed by atoms with Crippen LogP contribution in [0, 0.1) is 0 Å². The van der Waals surface area contributed by atoms with Gasteiger partial charge in [0.15, 0.2) is 0 Å². The molecule has 0 fully saturated rings. The van der Waals surface area contributed by atoms with Gasteiger partial charge in [-0.15, -0.1) is 13.2 Å². The second-order valence-corrected chi connectivity index (χ2v) is 7.43. The predicted molar refractivity (Wildman–Crippen MR) is 101 cm³/mol. The van der Waals surface area contributed by atoms with Gasteiger partial charge in [0.05, 0.1) is 4.90 Å². The minimum absolute atomic E-state index is 0.140. The molecule has 0 aliphatic carbocycles. The summed E-state index contributed by atoms with van der Waals surface area (Å²) < 4.78 is 43.6. The maximum Gasteiger partial charge on any atom is 0.573 e. The Labute approximate surface area is 167 Å². The van der Waals surface area contributed by atoms with E-state index < -0.39 is 6.36 Å². The van der Waals surface area contributed by atoms with E-state index in [-0.39, 0.29) is 11.5 Å². The van der Waals surface area contributed by atoms with Crippen molar-refractivity contribution in [2.45, 2.75) is 21.2 Å². The van der Waals surface area contributed by atoms with Gasteiger partial charge in [0, 0.05) is 22.9 Å². The first kappa shape index (κ1) is 20.3. The first-order valence-electron chi connectivity index (χ1n) is 7.87. The summed E-state index contributed by atoms with van der Waals surface area (Å²) in [4.78, 5) is 10.0. The zero-order valence-electron chi connectivity index (χ0n) is 14.4. The summed E-state index contributed by atoms with van der Waals surface area (Å²) >= 11 is 2.53. The average molecular weight is 425 g/mol. The number of rotatable bonds is 6. The fourth-order valence-corrected chi connectivity index (χ4v) is 3.73. The quantitative estimate of drug-likeness (QED) is 0.531. The molecule has 146 valence electrons. The number of hydrogen-bond acceptors (Lipinski definition) is 7. The monoisotopic (exact) mass is 425 g/mol. The molecule has 0 atom stereocenters. The van der Waals surface area contributed by atoms with Crippen molar-refractivity contribution < 1.29 is 23.0 Å². The van der Waals surface area contributed by atoms with Crippen molar-refractivity contribution in [2.75, 3.05) is 7.05 Å². The normalized spacial score (nSPS) is 11.4. The van der Waals surface area contributed by atoms with Gasteiger partial charge in [-0.3, -0.25) is 9.71 Å². The van der Waals surface area contributed by atoms with E-state index in [2.05, 4.69) is 19.4 Å². The Morgan fingerprint density at radius 2 is 1.75 bits per heavy atom. The van der Waals surface area contributed by atoms with E-state index in [0.717, 1.165) is 5.56 Å². The summed E-state index contributed by atoms with van der Waals surface area (Å²) in [6.45, 7) is 0. The van der Waals surface area contributed by atoms with Crippen LogP contribution in [-0.2, 0) is 0 Å². The van der Waals surface area contributed by atoms with Crippen LogP contribution >= 0.6 is 23.7 Å². The molecule has 0 aliphatic rings. The number of ether oxygens (including phenoxy) is 1. The Balaban J connectivity index is 1.86. The molecular formula is C18H14F3N3O2S2. The van der Waals surface area contributed by atoms with Gasteiger partial charge in [-0.05, 0) is 61.5 Å². The van der Waals surface area contributed by atoms with Crippen LogP contribution in [0.5, 0.6) is 11.5 Å². The molecule has 5 nitrogen and oxygen atoms in total. The molecule has 0 unspecified atom stereocenters. The second-order valence-electron chi connectivity index (χ2n) is 5.32. The Kier molecular flexibility index (Phi) is 6.32. The standard InChI is InChI=1S/C18H14F3N3O2S2/c1-22-28-15-10-11(2-7-14(15)25)16-17(24-9-8-23-16)27-13-5-3-12(4-6-13)26-18(19,20)21/h2-10,22,25H,1H3. The van der Waals surface area contributed by atoms with E-state index in [1.165, 1.54) is 54.2 Å². The molecule has 3 aromatic rings. The van der Waals surface area contributed by atoms with Gasteiger partial charge < -0.3 is 9.84 Å².